The van der Waals surface area contributed by atoms with Gasteiger partial charge in [0.15, 0.2) is 5.11 Å². The van der Waals surface area contributed by atoms with Crippen molar-refractivity contribution in [3.8, 4) is 0 Å². The molecule has 31 heavy (non-hydrogen) atoms. The number of thiocarbonyl (C=S) groups is 1. The molecule has 0 unspecified atom stereocenters. The Kier molecular flexibility index (Phi) is 11.8. The molecule has 0 saturated carbocycles. The van der Waals surface area contributed by atoms with E-state index in [1.54, 1.807) is 36.4 Å². The van der Waals surface area contributed by atoms with Crippen molar-refractivity contribution in [2.45, 2.75) is 32.6 Å². The molecule has 0 heterocycles. The van der Waals surface area contributed by atoms with Gasteiger partial charge in [0, 0.05) is 23.4 Å². The first-order valence-electron chi connectivity index (χ1n) is 10.1. The van der Waals surface area contributed by atoms with Crippen molar-refractivity contribution in [3.63, 3.8) is 0 Å². The van der Waals surface area contributed by atoms with Gasteiger partial charge in [-0.1, -0.05) is 19.1 Å². The molecule has 2 aromatic rings. The smallest absolute Gasteiger partial charge is 0.257 e. The lowest BCUT2D eigenvalue weighted by molar-refractivity contribution is -0.116. The number of benzene rings is 2. The third-order valence-electron chi connectivity index (χ3n) is 4.54. The van der Waals surface area contributed by atoms with E-state index in [1.807, 2.05) is 26.2 Å². The van der Waals surface area contributed by atoms with Crippen LogP contribution in [0, 0.1) is 0 Å². The number of anilines is 2. The number of carbonyl (C=O) groups excluding carboxylic acids is 2. The number of nitrogens with zero attached hydrogens (tertiary/aromatic N) is 1. The Morgan fingerprint density at radius 2 is 1.48 bits per heavy atom. The number of hydrogen-bond acceptors (Lipinski definition) is 4. The lowest BCUT2D eigenvalue weighted by atomic mass is 10.1. The number of aryl methyl sites for hydroxylation is 1. The Bertz CT molecular complexity index is 855. The largest absolute Gasteiger partial charge is 0.332 e. The van der Waals surface area contributed by atoms with Crippen LogP contribution in [0.2, 0.25) is 0 Å². The number of unbranched alkanes of at least 4 members (excludes halogenated alkanes) is 1. The van der Waals surface area contributed by atoms with Gasteiger partial charge in [-0.25, -0.2) is 0 Å². The molecular weight excluding hydrogens is 432 g/mol. The minimum Gasteiger partial charge on any atom is -0.332 e. The molecule has 2 rings (SSSR count). The van der Waals surface area contributed by atoms with Crippen LogP contribution in [-0.4, -0.2) is 42.5 Å². The molecule has 0 aliphatic rings. The highest BCUT2D eigenvalue weighted by Crippen LogP contribution is 2.14. The molecular formula is C23H31ClN4O2S. The second kappa shape index (κ2) is 13.7. The van der Waals surface area contributed by atoms with Crippen molar-refractivity contribution in [1.82, 2.24) is 10.2 Å². The number of hydrogen-bond donors (Lipinski definition) is 3. The second-order valence-corrected chi connectivity index (χ2v) is 7.75. The topological polar surface area (TPSA) is 73.5 Å². The quantitative estimate of drug-likeness (QED) is 0.379. The molecule has 0 saturated heterocycles. The Balaban J connectivity index is 0.00000480. The third-order valence-corrected chi connectivity index (χ3v) is 4.74. The molecule has 2 aromatic carbocycles. The van der Waals surface area contributed by atoms with Crippen LogP contribution < -0.4 is 16.0 Å². The van der Waals surface area contributed by atoms with E-state index < -0.39 is 0 Å². The first-order valence-corrected chi connectivity index (χ1v) is 10.5. The van der Waals surface area contributed by atoms with E-state index in [0.29, 0.717) is 12.0 Å². The average molecular weight is 463 g/mol. The fraction of sp³-hybridized carbons (Fsp3) is 0.348. The van der Waals surface area contributed by atoms with Gasteiger partial charge in [-0.05, 0) is 94.1 Å². The Morgan fingerprint density at radius 3 is 2.03 bits per heavy atom. The summed E-state index contributed by atoms with van der Waals surface area (Å²) >= 11 is 5.22. The van der Waals surface area contributed by atoms with Crippen LogP contribution in [0.15, 0.2) is 48.5 Å². The van der Waals surface area contributed by atoms with Crippen molar-refractivity contribution in [1.29, 1.82) is 0 Å². The van der Waals surface area contributed by atoms with Gasteiger partial charge in [0.2, 0.25) is 5.91 Å². The summed E-state index contributed by atoms with van der Waals surface area (Å²) in [7, 11) is 4.05. The maximum absolute atomic E-state index is 12.3. The summed E-state index contributed by atoms with van der Waals surface area (Å²) in [6, 6.07) is 14.6. The van der Waals surface area contributed by atoms with Crippen LogP contribution in [0.25, 0.3) is 0 Å². The summed E-state index contributed by atoms with van der Waals surface area (Å²) in [5.41, 5.74) is 3.18. The maximum atomic E-state index is 12.3. The normalized spacial score (nSPS) is 10.2. The Labute approximate surface area is 196 Å². The van der Waals surface area contributed by atoms with E-state index in [4.69, 9.17) is 12.2 Å². The third kappa shape index (κ3) is 9.91. The van der Waals surface area contributed by atoms with Crippen LogP contribution in [0.3, 0.4) is 0 Å². The molecule has 0 atom stereocenters. The monoisotopic (exact) mass is 462 g/mol. The Morgan fingerprint density at radius 1 is 0.903 bits per heavy atom. The lowest BCUT2D eigenvalue weighted by Gasteiger charge is -2.11. The molecule has 0 bridgehead atoms. The number of nitrogens with one attached hydrogen (secondary N) is 3. The van der Waals surface area contributed by atoms with Crippen LogP contribution in [-0.2, 0) is 11.2 Å². The van der Waals surface area contributed by atoms with E-state index in [2.05, 4.69) is 27.8 Å². The van der Waals surface area contributed by atoms with E-state index in [1.165, 1.54) is 5.56 Å². The molecule has 8 heteroatoms. The first kappa shape index (κ1) is 26.6. The van der Waals surface area contributed by atoms with Crippen LogP contribution in [0.4, 0.5) is 11.4 Å². The Hall–Kier alpha value is -2.48. The number of amides is 2. The summed E-state index contributed by atoms with van der Waals surface area (Å²) in [6.45, 7) is 3.05. The van der Waals surface area contributed by atoms with Crippen LogP contribution >= 0.6 is 24.6 Å². The number of halogens is 1. The predicted molar refractivity (Wildman–Crippen MR) is 134 cm³/mol. The van der Waals surface area contributed by atoms with Gasteiger partial charge < -0.3 is 15.5 Å². The highest BCUT2D eigenvalue weighted by atomic mass is 35.5. The summed E-state index contributed by atoms with van der Waals surface area (Å²) in [6.07, 6.45) is 3.28. The van der Waals surface area contributed by atoms with E-state index in [9.17, 15) is 9.59 Å². The van der Waals surface area contributed by atoms with Gasteiger partial charge in [-0.2, -0.15) is 0 Å². The standard InChI is InChI=1S/C23H30N4O2S.ClH/c1-4-17-8-10-18(11-9-17)22(29)26-23(30)25-20-14-12-19(13-15-20)24-21(28)7-5-6-16-27(2)3;/h8-15H,4-7,16H2,1-3H3,(H,24,28)(H2,25,26,29,30);1H. The summed E-state index contributed by atoms with van der Waals surface area (Å²) in [4.78, 5) is 26.4. The molecule has 0 aliphatic heterocycles. The van der Waals surface area contributed by atoms with Crippen LogP contribution in [0.1, 0.15) is 42.1 Å². The van der Waals surface area contributed by atoms with Crippen molar-refractivity contribution in [2.75, 3.05) is 31.3 Å². The zero-order valence-electron chi connectivity index (χ0n) is 18.2. The molecule has 6 nitrogen and oxygen atoms in total. The number of carbonyl (C=O) groups is 2. The summed E-state index contributed by atoms with van der Waals surface area (Å²) in [5, 5.41) is 8.76. The molecule has 0 radical (unpaired) electrons. The van der Waals surface area contributed by atoms with Gasteiger partial charge in [0.05, 0.1) is 0 Å². The molecule has 0 aromatic heterocycles. The first-order chi connectivity index (χ1) is 14.4. The number of rotatable bonds is 9. The zero-order valence-corrected chi connectivity index (χ0v) is 19.9. The van der Waals surface area contributed by atoms with Gasteiger partial charge in [0.1, 0.15) is 0 Å². The summed E-state index contributed by atoms with van der Waals surface area (Å²) < 4.78 is 0. The fourth-order valence-corrected chi connectivity index (χ4v) is 3.01. The average Bonchev–Trinajstić information content (AvgIpc) is 2.72. The molecule has 0 aliphatic carbocycles. The van der Waals surface area contributed by atoms with Crippen molar-refractivity contribution in [3.05, 3.63) is 59.7 Å². The SMILES string of the molecule is CCc1ccc(C(=O)NC(=S)Nc2ccc(NC(=O)CCCCN(C)C)cc2)cc1.Cl. The highest BCUT2D eigenvalue weighted by Gasteiger charge is 2.08. The molecule has 3 N–H and O–H groups in total. The molecule has 168 valence electrons. The van der Waals surface area contributed by atoms with E-state index >= 15 is 0 Å². The van der Waals surface area contributed by atoms with Gasteiger partial charge in [0.25, 0.3) is 5.91 Å². The lowest BCUT2D eigenvalue weighted by Crippen LogP contribution is -2.34. The second-order valence-electron chi connectivity index (χ2n) is 7.34. The molecule has 0 fully saturated rings. The van der Waals surface area contributed by atoms with Gasteiger partial charge in [-0.15, -0.1) is 12.4 Å². The van der Waals surface area contributed by atoms with Gasteiger partial charge in [-0.3, -0.25) is 14.9 Å². The van der Waals surface area contributed by atoms with E-state index in [-0.39, 0.29) is 29.3 Å². The molecule has 0 spiro atoms. The maximum Gasteiger partial charge on any atom is 0.257 e. The minimum absolute atomic E-state index is 0. The van der Waals surface area contributed by atoms with Gasteiger partial charge >= 0.3 is 0 Å². The minimum atomic E-state index is -0.256. The molecule has 2 amide bonds. The summed E-state index contributed by atoms with van der Waals surface area (Å²) in [5.74, 6) is -0.250. The van der Waals surface area contributed by atoms with Crippen molar-refractivity contribution >= 4 is 52.9 Å². The predicted octanol–water partition coefficient (Wildman–Crippen LogP) is 4.47. The van der Waals surface area contributed by atoms with Crippen molar-refractivity contribution < 1.29 is 9.59 Å². The van der Waals surface area contributed by atoms with Crippen LogP contribution in [0.5, 0.6) is 0 Å². The van der Waals surface area contributed by atoms with E-state index in [0.717, 1.165) is 37.2 Å². The zero-order chi connectivity index (χ0) is 21.9. The highest BCUT2D eigenvalue weighted by molar-refractivity contribution is 7.80. The van der Waals surface area contributed by atoms with Crippen molar-refractivity contribution in [2.24, 2.45) is 0 Å². The fourth-order valence-electron chi connectivity index (χ4n) is 2.80.